The number of hydrogen-bond acceptors (Lipinski definition) is 4. The summed E-state index contributed by atoms with van der Waals surface area (Å²) in [6.45, 7) is 0. The Morgan fingerprint density at radius 3 is 2.69 bits per heavy atom. The van der Waals surface area contributed by atoms with Gasteiger partial charge in [0.1, 0.15) is 0 Å². The van der Waals surface area contributed by atoms with Crippen LogP contribution in [0.1, 0.15) is 36.0 Å². The largest absolute Gasteiger partial charge is 0.326 e. The van der Waals surface area contributed by atoms with E-state index in [1.807, 2.05) is 0 Å². The molecule has 0 aliphatic heterocycles. The number of Topliss-reactive ketones (excluding diaryl/α,β-unsaturated/α-hetero) is 1. The van der Waals surface area contributed by atoms with E-state index in [4.69, 9.17) is 11.5 Å². The summed E-state index contributed by atoms with van der Waals surface area (Å²) in [6.07, 6.45) is 6.74. The first-order valence-electron chi connectivity index (χ1n) is 5.64. The molecule has 0 aromatic carbocycles. The zero-order valence-corrected chi connectivity index (χ0v) is 9.23. The molecule has 1 aromatic rings. The maximum atomic E-state index is 12.3. The molecule has 0 spiro atoms. The summed E-state index contributed by atoms with van der Waals surface area (Å²) in [4.78, 5) is 16.2. The van der Waals surface area contributed by atoms with Crippen molar-refractivity contribution in [3.05, 3.63) is 30.1 Å². The minimum atomic E-state index is -0.889. The molecular formula is C12H17N3O. The van der Waals surface area contributed by atoms with Gasteiger partial charge in [-0.2, -0.15) is 0 Å². The molecule has 1 fully saturated rings. The molecule has 2 unspecified atom stereocenters. The van der Waals surface area contributed by atoms with E-state index in [9.17, 15) is 4.79 Å². The van der Waals surface area contributed by atoms with Crippen molar-refractivity contribution < 1.29 is 4.79 Å². The number of rotatable bonds is 2. The molecule has 1 heterocycles. The lowest BCUT2D eigenvalue weighted by Crippen LogP contribution is -2.62. The highest BCUT2D eigenvalue weighted by atomic mass is 16.1. The van der Waals surface area contributed by atoms with Gasteiger partial charge in [-0.05, 0) is 25.0 Å². The Hall–Kier alpha value is -1.26. The number of nitrogens with zero attached hydrogens (tertiary/aromatic N) is 1. The predicted octanol–water partition coefficient (Wildman–Crippen LogP) is 0.863. The van der Waals surface area contributed by atoms with E-state index in [1.54, 1.807) is 24.5 Å². The second kappa shape index (κ2) is 4.31. The quantitative estimate of drug-likeness (QED) is 0.723. The lowest BCUT2D eigenvalue weighted by Gasteiger charge is -2.37. The molecule has 1 aliphatic carbocycles. The van der Waals surface area contributed by atoms with Crippen molar-refractivity contribution in [1.82, 2.24) is 4.98 Å². The third-order valence-corrected chi connectivity index (χ3v) is 3.38. The summed E-state index contributed by atoms with van der Waals surface area (Å²) >= 11 is 0. The van der Waals surface area contributed by atoms with Crippen LogP contribution in [0.15, 0.2) is 24.5 Å². The highest BCUT2D eigenvalue weighted by Gasteiger charge is 2.41. The van der Waals surface area contributed by atoms with Gasteiger partial charge in [0, 0.05) is 24.0 Å². The predicted molar refractivity (Wildman–Crippen MR) is 61.9 cm³/mol. The highest BCUT2D eigenvalue weighted by Crippen LogP contribution is 2.28. The first kappa shape index (κ1) is 11.2. The van der Waals surface area contributed by atoms with E-state index >= 15 is 0 Å². The minimum Gasteiger partial charge on any atom is -0.326 e. The van der Waals surface area contributed by atoms with Gasteiger partial charge < -0.3 is 11.5 Å². The topological polar surface area (TPSA) is 82.0 Å². The molecule has 4 nitrogen and oxygen atoms in total. The molecule has 4 N–H and O–H groups in total. The van der Waals surface area contributed by atoms with E-state index in [0.29, 0.717) is 12.0 Å². The van der Waals surface area contributed by atoms with Gasteiger partial charge >= 0.3 is 0 Å². The Balaban J connectivity index is 2.26. The van der Waals surface area contributed by atoms with Crippen molar-refractivity contribution in [2.45, 2.75) is 37.3 Å². The average molecular weight is 219 g/mol. The fourth-order valence-electron chi connectivity index (χ4n) is 2.28. The Labute approximate surface area is 95.0 Å². The van der Waals surface area contributed by atoms with Crippen molar-refractivity contribution >= 4 is 5.78 Å². The van der Waals surface area contributed by atoms with Crippen LogP contribution in [0.2, 0.25) is 0 Å². The molecule has 1 aliphatic rings. The maximum Gasteiger partial charge on any atom is 0.184 e. The highest BCUT2D eigenvalue weighted by molar-refractivity contribution is 6.03. The second-order valence-electron chi connectivity index (χ2n) is 4.46. The van der Waals surface area contributed by atoms with Crippen LogP contribution in [0.3, 0.4) is 0 Å². The number of carbonyl (C=O) groups is 1. The van der Waals surface area contributed by atoms with Crippen LogP contribution in [-0.2, 0) is 0 Å². The number of carbonyl (C=O) groups excluding carboxylic acids is 1. The van der Waals surface area contributed by atoms with Crippen LogP contribution in [-0.4, -0.2) is 22.3 Å². The molecule has 0 saturated heterocycles. The third-order valence-electron chi connectivity index (χ3n) is 3.38. The van der Waals surface area contributed by atoms with Crippen molar-refractivity contribution in [3.8, 4) is 0 Å². The van der Waals surface area contributed by atoms with Crippen LogP contribution < -0.4 is 11.5 Å². The van der Waals surface area contributed by atoms with E-state index < -0.39 is 5.54 Å². The number of pyridine rings is 1. The van der Waals surface area contributed by atoms with Gasteiger partial charge in [-0.15, -0.1) is 0 Å². The monoisotopic (exact) mass is 219 g/mol. The molecular weight excluding hydrogens is 202 g/mol. The first-order valence-corrected chi connectivity index (χ1v) is 5.64. The van der Waals surface area contributed by atoms with Gasteiger partial charge in [0.2, 0.25) is 0 Å². The Bertz CT molecular complexity index is 379. The van der Waals surface area contributed by atoms with Gasteiger partial charge in [0.15, 0.2) is 5.78 Å². The Morgan fingerprint density at radius 1 is 1.38 bits per heavy atom. The summed E-state index contributed by atoms with van der Waals surface area (Å²) in [5.74, 6) is -0.0536. The van der Waals surface area contributed by atoms with Crippen LogP contribution >= 0.6 is 0 Å². The molecule has 2 atom stereocenters. The summed E-state index contributed by atoms with van der Waals surface area (Å²) in [5, 5.41) is 0. The van der Waals surface area contributed by atoms with Crippen molar-refractivity contribution in [2.75, 3.05) is 0 Å². The van der Waals surface area contributed by atoms with Crippen molar-refractivity contribution in [3.63, 3.8) is 0 Å². The number of nitrogens with two attached hydrogens (primary N) is 2. The van der Waals surface area contributed by atoms with Crippen LogP contribution in [0, 0.1) is 0 Å². The van der Waals surface area contributed by atoms with E-state index in [2.05, 4.69) is 4.98 Å². The lowest BCUT2D eigenvalue weighted by atomic mass is 9.74. The first-order chi connectivity index (χ1) is 7.64. The SMILES string of the molecule is NC1CCCCC1(N)C(=O)c1ccncc1. The summed E-state index contributed by atoms with van der Waals surface area (Å²) < 4.78 is 0. The fraction of sp³-hybridized carbons (Fsp3) is 0.500. The van der Waals surface area contributed by atoms with Crippen molar-refractivity contribution in [2.24, 2.45) is 11.5 Å². The Kier molecular flexibility index (Phi) is 3.03. The van der Waals surface area contributed by atoms with Gasteiger partial charge in [-0.3, -0.25) is 9.78 Å². The minimum absolute atomic E-state index is 0.0536. The van der Waals surface area contributed by atoms with Gasteiger partial charge in [-0.1, -0.05) is 12.8 Å². The number of ketones is 1. The van der Waals surface area contributed by atoms with Gasteiger partial charge in [-0.25, -0.2) is 0 Å². The summed E-state index contributed by atoms with van der Waals surface area (Å²) in [5.41, 5.74) is 11.9. The zero-order chi connectivity index (χ0) is 11.6. The summed E-state index contributed by atoms with van der Waals surface area (Å²) in [7, 11) is 0. The van der Waals surface area contributed by atoms with E-state index in [1.165, 1.54) is 0 Å². The molecule has 16 heavy (non-hydrogen) atoms. The Morgan fingerprint density at radius 2 is 2.06 bits per heavy atom. The van der Waals surface area contributed by atoms with E-state index in [0.717, 1.165) is 19.3 Å². The molecule has 0 bridgehead atoms. The number of hydrogen-bond donors (Lipinski definition) is 2. The van der Waals surface area contributed by atoms with Gasteiger partial charge in [0.05, 0.1) is 5.54 Å². The zero-order valence-electron chi connectivity index (χ0n) is 9.23. The summed E-state index contributed by atoms with van der Waals surface area (Å²) in [6, 6.07) is 3.15. The maximum absolute atomic E-state index is 12.3. The van der Waals surface area contributed by atoms with Crippen LogP contribution in [0.4, 0.5) is 0 Å². The standard InChI is InChI=1S/C12H17N3O/c13-10-3-1-2-6-12(10,14)11(16)9-4-7-15-8-5-9/h4-5,7-8,10H,1-3,6,13-14H2. The third kappa shape index (κ3) is 1.86. The lowest BCUT2D eigenvalue weighted by molar-refractivity contribution is 0.0822. The second-order valence-corrected chi connectivity index (χ2v) is 4.46. The normalized spacial score (nSPS) is 30.0. The molecule has 2 rings (SSSR count). The van der Waals surface area contributed by atoms with E-state index in [-0.39, 0.29) is 11.8 Å². The fourth-order valence-corrected chi connectivity index (χ4v) is 2.28. The molecule has 1 aromatic heterocycles. The molecule has 4 heteroatoms. The molecule has 0 amide bonds. The number of aromatic nitrogens is 1. The van der Waals surface area contributed by atoms with Gasteiger partial charge in [0.25, 0.3) is 0 Å². The molecule has 0 radical (unpaired) electrons. The van der Waals surface area contributed by atoms with Crippen molar-refractivity contribution in [1.29, 1.82) is 0 Å². The van der Waals surface area contributed by atoms with Crippen LogP contribution in [0.5, 0.6) is 0 Å². The average Bonchev–Trinajstić information content (AvgIpc) is 2.33. The smallest absolute Gasteiger partial charge is 0.184 e. The molecule has 1 saturated carbocycles. The van der Waals surface area contributed by atoms with Crippen LogP contribution in [0.25, 0.3) is 0 Å². The molecule has 86 valence electrons.